The second-order valence-electron chi connectivity index (χ2n) is 16.8. The lowest BCUT2D eigenvalue weighted by Crippen LogP contribution is -2.01. The van der Waals surface area contributed by atoms with E-state index in [4.69, 9.17) is 89.7 Å². The quantitative estimate of drug-likeness (QED) is 0.0155. The summed E-state index contributed by atoms with van der Waals surface area (Å²) in [7, 11) is -7.40. The number of carbonyl (C=O) groups is 1. The van der Waals surface area contributed by atoms with E-state index in [1.165, 1.54) is 6.08 Å². The van der Waals surface area contributed by atoms with Crippen LogP contribution in [0.25, 0.3) is 30.4 Å². The molecule has 0 N–H and O–H groups in total. The van der Waals surface area contributed by atoms with Crippen molar-refractivity contribution in [3.8, 4) is 0 Å². The Morgan fingerprint density at radius 2 is 0.659 bits per heavy atom. The summed E-state index contributed by atoms with van der Waals surface area (Å²) >= 11 is 28.7. The molecule has 0 aliphatic heterocycles. The molecular formula is C67H86Cl5O10P3. The van der Waals surface area contributed by atoms with Crippen molar-refractivity contribution in [2.75, 3.05) is 46.2 Å². The first kappa shape index (κ1) is 80.8. The smallest absolute Gasteiger partial charge is 0.313 e. The molecule has 0 aliphatic rings. The zero-order chi connectivity index (χ0) is 61.0. The van der Waals surface area contributed by atoms with Gasteiger partial charge in [-0.3, -0.25) is 13.9 Å². The van der Waals surface area contributed by atoms with Gasteiger partial charge in [0.25, 0.3) is 0 Å². The van der Waals surface area contributed by atoms with E-state index in [2.05, 4.69) is 48.6 Å². The third kappa shape index (κ3) is 37.9. The van der Waals surface area contributed by atoms with Crippen LogP contribution in [0, 0.1) is 0 Å². The van der Waals surface area contributed by atoms with Gasteiger partial charge in [0, 0.05) is 26.8 Å². The summed E-state index contributed by atoms with van der Waals surface area (Å²) in [5, 5.41) is 2.20. The Morgan fingerprint density at radius 3 is 0.953 bits per heavy atom. The molecule has 0 amide bonds. The molecular weight excluding hydrogens is 1230 g/mol. The van der Waals surface area contributed by atoms with Crippen molar-refractivity contribution in [3.63, 3.8) is 0 Å². The molecule has 0 spiro atoms. The summed E-state index contributed by atoms with van der Waals surface area (Å²) in [6.07, 6.45) is 20.7. The molecule has 0 fully saturated rings. The second-order valence-corrected chi connectivity index (χ2v) is 24.0. The lowest BCUT2D eigenvalue weighted by atomic mass is 10.1. The Hall–Kier alpha value is -4.25. The van der Waals surface area contributed by atoms with E-state index in [0.717, 1.165) is 66.4 Å². The Morgan fingerprint density at radius 1 is 0.376 bits per heavy atom. The van der Waals surface area contributed by atoms with Crippen LogP contribution in [0.1, 0.15) is 113 Å². The molecule has 0 aromatic heterocycles. The molecule has 464 valence electrons. The maximum Gasteiger partial charge on any atom is 0.335 e. The van der Waals surface area contributed by atoms with Gasteiger partial charge in [-0.1, -0.05) is 207 Å². The SMILES string of the molecule is C.C.CCOP(=O)(Cc1cccc(CP(=O)(OCC)OCC)c1)OCC.CCOP(OCC)OCC.ClCc1cccc(CCl)c1.Clc1ccc(/C=C/C=C/c2cccc(/C=C/C=C/c3ccc(Cl)cc3)c2)cc1.O=C/C=C/c1ccc(Cl)cc1. The number of halogens is 5. The van der Waals surface area contributed by atoms with Crippen molar-refractivity contribution >= 4 is 118 Å². The minimum Gasteiger partial charge on any atom is -0.313 e. The van der Waals surface area contributed by atoms with Crippen LogP contribution in [-0.2, 0) is 69.7 Å². The highest BCUT2D eigenvalue weighted by molar-refractivity contribution is 7.53. The molecule has 6 aromatic rings. The first-order valence-corrected chi connectivity index (χ1v) is 33.8. The fraction of sp³-hybridized carbons (Fsp3) is 0.299. The summed E-state index contributed by atoms with van der Waals surface area (Å²) in [6, 6.07) is 46.5. The number of aldehydes is 1. The van der Waals surface area contributed by atoms with Gasteiger partial charge in [0.2, 0.25) is 0 Å². The summed E-state index contributed by atoms with van der Waals surface area (Å²) in [4.78, 5) is 9.93. The van der Waals surface area contributed by atoms with Crippen LogP contribution in [0.4, 0.5) is 0 Å². The Balaban J connectivity index is 0.00000111. The highest BCUT2D eigenvalue weighted by Gasteiger charge is 2.27. The van der Waals surface area contributed by atoms with E-state index in [1.54, 1.807) is 45.9 Å². The van der Waals surface area contributed by atoms with E-state index < -0.39 is 23.8 Å². The van der Waals surface area contributed by atoms with Crippen LogP contribution < -0.4 is 0 Å². The molecule has 6 aromatic carbocycles. The molecule has 0 saturated carbocycles. The highest BCUT2D eigenvalue weighted by Crippen LogP contribution is 2.53. The zero-order valence-electron chi connectivity index (χ0n) is 48.3. The maximum atomic E-state index is 12.6. The van der Waals surface area contributed by atoms with E-state index in [9.17, 15) is 13.9 Å². The number of benzene rings is 6. The van der Waals surface area contributed by atoms with Crippen molar-refractivity contribution in [1.82, 2.24) is 0 Å². The van der Waals surface area contributed by atoms with Crippen LogP contribution in [-0.4, -0.2) is 52.5 Å². The van der Waals surface area contributed by atoms with Gasteiger partial charge in [0.15, 0.2) is 0 Å². The lowest BCUT2D eigenvalue weighted by molar-refractivity contribution is -0.104. The zero-order valence-corrected chi connectivity index (χ0v) is 54.8. The molecule has 6 rings (SSSR count). The average molecular weight is 1320 g/mol. The lowest BCUT2D eigenvalue weighted by Gasteiger charge is -2.19. The molecule has 0 heterocycles. The Labute approximate surface area is 535 Å². The highest BCUT2D eigenvalue weighted by atomic mass is 35.5. The van der Waals surface area contributed by atoms with Crippen molar-refractivity contribution < 1.29 is 45.6 Å². The third-order valence-corrected chi connectivity index (χ3v) is 17.2. The van der Waals surface area contributed by atoms with Gasteiger partial charge in [0.1, 0.15) is 6.29 Å². The van der Waals surface area contributed by atoms with E-state index in [0.29, 0.717) is 63.0 Å². The van der Waals surface area contributed by atoms with Gasteiger partial charge in [0.05, 0.1) is 58.6 Å². The van der Waals surface area contributed by atoms with E-state index in [-0.39, 0.29) is 27.2 Å². The van der Waals surface area contributed by atoms with Crippen LogP contribution in [0.5, 0.6) is 0 Å². The van der Waals surface area contributed by atoms with Gasteiger partial charge in [-0.05, 0) is 147 Å². The van der Waals surface area contributed by atoms with Gasteiger partial charge >= 0.3 is 23.8 Å². The number of allylic oxidation sites excluding steroid dienone is 5. The molecule has 85 heavy (non-hydrogen) atoms. The molecule has 0 radical (unpaired) electrons. The topological polar surface area (TPSA) is 116 Å². The van der Waals surface area contributed by atoms with Crippen LogP contribution in [0.2, 0.25) is 15.1 Å². The number of carbonyl (C=O) groups excluding carboxylic acids is 1. The minimum atomic E-state index is -3.17. The van der Waals surface area contributed by atoms with Gasteiger partial charge in [-0.2, -0.15) is 0 Å². The molecule has 0 saturated heterocycles. The van der Waals surface area contributed by atoms with Crippen LogP contribution in [0.15, 0.2) is 176 Å². The maximum absolute atomic E-state index is 12.6. The molecule has 0 unspecified atom stereocenters. The standard InChI is InChI=1S/C26H20Cl2.C16H28O6P2.C9H7ClO.C8H8Cl2.C6H15O3P.2CH4/c27-25-16-12-21(13-17-25)6-1-3-8-23-10-5-11-24(20-23)9-4-2-7-22-14-18-26(28)19-15-22;1-5-19-23(17,20-6-2)13-15-10-9-11-16(12-15)14-24(18,21-7-3)22-8-4;10-9-5-3-8(4-6-9)2-1-7-11;9-5-7-2-1-3-8(4-7)6-10;1-4-7-10(8-5-2)9-6-3;;/h1-20H;9-12H,5-8,13-14H2,1-4H3;1-7H;1-4H,5-6H2;4-6H2,1-3H3;2*1H4/b6-1+,7-2+,8-3+,9-4+;;2-1+;;;;. The van der Waals surface area contributed by atoms with Crippen LogP contribution in [0.3, 0.4) is 0 Å². The predicted octanol–water partition coefficient (Wildman–Crippen LogP) is 23.0. The second kappa shape index (κ2) is 49.7. The van der Waals surface area contributed by atoms with Gasteiger partial charge in [-0.25, -0.2) is 0 Å². The Kier molecular flexibility index (Phi) is 47.2. The van der Waals surface area contributed by atoms with E-state index >= 15 is 0 Å². The monoisotopic (exact) mass is 1320 g/mol. The first-order valence-electron chi connectivity index (χ1n) is 27.0. The fourth-order valence-corrected chi connectivity index (χ4v) is 11.8. The summed E-state index contributed by atoms with van der Waals surface area (Å²) < 4.78 is 62.0. The molecule has 0 bridgehead atoms. The largest absolute Gasteiger partial charge is 0.335 e. The molecule has 10 nitrogen and oxygen atoms in total. The summed E-state index contributed by atoms with van der Waals surface area (Å²) in [5.41, 5.74) is 9.39. The first-order chi connectivity index (χ1) is 40.1. The normalized spacial score (nSPS) is 11.3. The van der Waals surface area contributed by atoms with Crippen molar-refractivity contribution in [2.45, 2.75) is 87.4 Å². The number of rotatable bonds is 28. The minimum absolute atomic E-state index is 0. The average Bonchev–Trinajstić information content (AvgIpc) is 3.69. The van der Waals surface area contributed by atoms with Crippen molar-refractivity contribution in [3.05, 3.63) is 241 Å². The third-order valence-electron chi connectivity index (χ3n) is 10.3. The van der Waals surface area contributed by atoms with Gasteiger partial charge in [-0.15, -0.1) is 23.2 Å². The molecule has 0 aliphatic carbocycles. The summed E-state index contributed by atoms with van der Waals surface area (Å²) in [6.45, 7) is 16.1. The van der Waals surface area contributed by atoms with Gasteiger partial charge < -0.3 is 31.7 Å². The van der Waals surface area contributed by atoms with E-state index in [1.807, 2.05) is 154 Å². The number of alkyl halides is 2. The van der Waals surface area contributed by atoms with Crippen molar-refractivity contribution in [2.24, 2.45) is 0 Å². The molecule has 0 atom stereocenters. The predicted molar refractivity (Wildman–Crippen MR) is 368 cm³/mol. The fourth-order valence-electron chi connectivity index (χ4n) is 6.85. The molecule has 18 heteroatoms. The number of hydrogen-bond acceptors (Lipinski definition) is 10. The summed E-state index contributed by atoms with van der Waals surface area (Å²) in [5.74, 6) is 1.12. The van der Waals surface area contributed by atoms with Crippen molar-refractivity contribution in [1.29, 1.82) is 0 Å². The Bertz CT molecular complexity index is 2770. The van der Waals surface area contributed by atoms with Crippen LogP contribution >= 0.6 is 81.8 Å². The number of hydrogen-bond donors (Lipinski definition) is 0.